The highest BCUT2D eigenvalue weighted by atomic mass is 16.5. The first-order chi connectivity index (χ1) is 10.8. The zero-order valence-electron chi connectivity index (χ0n) is 15.0. The second-order valence-corrected chi connectivity index (χ2v) is 8.79. The fraction of sp³-hybridized carbons (Fsp3) is 0.800. The molecule has 3 aliphatic carbocycles. The predicted octanol–water partition coefficient (Wildman–Crippen LogP) is 4.31. The van der Waals surface area contributed by atoms with Crippen LogP contribution in [-0.2, 0) is 14.3 Å². The summed E-state index contributed by atoms with van der Waals surface area (Å²) in [6, 6.07) is 0. The van der Waals surface area contributed by atoms with Gasteiger partial charge in [0.1, 0.15) is 0 Å². The van der Waals surface area contributed by atoms with E-state index in [1.165, 1.54) is 26.4 Å². The fourth-order valence-electron chi connectivity index (χ4n) is 6.16. The van der Waals surface area contributed by atoms with Crippen molar-refractivity contribution in [1.82, 2.24) is 0 Å². The molecule has 3 heteroatoms. The third-order valence-electron chi connectivity index (χ3n) is 7.23. The highest BCUT2D eigenvalue weighted by Gasteiger charge is 2.55. The molecule has 0 N–H and O–H groups in total. The molecular formula is C20H30O3. The molecule has 0 aromatic carbocycles. The molecule has 0 aromatic rings. The Morgan fingerprint density at radius 1 is 1.17 bits per heavy atom. The van der Waals surface area contributed by atoms with Gasteiger partial charge in [-0.15, -0.1) is 0 Å². The van der Waals surface area contributed by atoms with Gasteiger partial charge in [0.25, 0.3) is 0 Å². The lowest BCUT2D eigenvalue weighted by atomic mass is 9.46. The lowest BCUT2D eigenvalue weighted by molar-refractivity contribution is -0.136. The molecule has 128 valence electrons. The Labute approximate surface area is 139 Å². The maximum absolute atomic E-state index is 12.8. The molecule has 0 heterocycles. The molecule has 3 aliphatic rings. The summed E-state index contributed by atoms with van der Waals surface area (Å²) in [6.45, 7) is 7.24. The second kappa shape index (κ2) is 5.75. The number of carbonyl (C=O) groups is 2. The van der Waals surface area contributed by atoms with Gasteiger partial charge in [0, 0.05) is 11.5 Å². The fourth-order valence-corrected chi connectivity index (χ4v) is 6.16. The summed E-state index contributed by atoms with van der Waals surface area (Å²) in [5, 5.41) is 0. The number of hydrogen-bond donors (Lipinski definition) is 0. The number of rotatable bonds is 1. The summed E-state index contributed by atoms with van der Waals surface area (Å²) in [4.78, 5) is 24.7. The first kappa shape index (κ1) is 16.7. The number of fused-ring (bicyclic) bond motifs is 3. The normalized spacial score (nSPS) is 39.6. The van der Waals surface area contributed by atoms with Gasteiger partial charge in [-0.2, -0.15) is 0 Å². The van der Waals surface area contributed by atoms with Gasteiger partial charge in [0.05, 0.1) is 7.11 Å². The van der Waals surface area contributed by atoms with E-state index in [2.05, 4.69) is 20.8 Å². The molecule has 0 amide bonds. The molecule has 0 unspecified atom stereocenters. The maximum Gasteiger partial charge on any atom is 0.333 e. The van der Waals surface area contributed by atoms with Crippen molar-refractivity contribution >= 4 is 11.8 Å². The minimum atomic E-state index is -0.331. The van der Waals surface area contributed by atoms with Gasteiger partial charge >= 0.3 is 5.97 Å². The lowest BCUT2D eigenvalue weighted by Crippen LogP contribution is -2.52. The third-order valence-corrected chi connectivity index (χ3v) is 7.23. The van der Waals surface area contributed by atoms with E-state index in [9.17, 15) is 9.59 Å². The zero-order chi connectivity index (χ0) is 16.8. The highest BCUT2D eigenvalue weighted by Crippen LogP contribution is 2.62. The minimum Gasteiger partial charge on any atom is -0.466 e. The molecule has 0 aliphatic heterocycles. The number of allylic oxidation sites excluding steroid dienone is 1. The molecule has 0 saturated heterocycles. The van der Waals surface area contributed by atoms with E-state index >= 15 is 0 Å². The van der Waals surface area contributed by atoms with Crippen molar-refractivity contribution in [3.63, 3.8) is 0 Å². The quantitative estimate of drug-likeness (QED) is 0.677. The first-order valence-electron chi connectivity index (χ1n) is 9.12. The largest absolute Gasteiger partial charge is 0.466 e. The second-order valence-electron chi connectivity index (χ2n) is 8.79. The van der Waals surface area contributed by atoms with Gasteiger partial charge in [-0.05, 0) is 67.3 Å². The molecule has 0 radical (unpaired) electrons. The van der Waals surface area contributed by atoms with Gasteiger partial charge in [-0.3, -0.25) is 4.79 Å². The van der Waals surface area contributed by atoms with Crippen LogP contribution in [0.2, 0.25) is 0 Å². The number of ether oxygens (including phenoxy) is 1. The van der Waals surface area contributed by atoms with Crippen molar-refractivity contribution in [3.05, 3.63) is 11.6 Å². The smallest absolute Gasteiger partial charge is 0.333 e. The number of hydrogen-bond acceptors (Lipinski definition) is 3. The molecule has 3 rings (SSSR count). The van der Waals surface area contributed by atoms with Crippen LogP contribution in [0.5, 0.6) is 0 Å². The van der Waals surface area contributed by atoms with Crippen LogP contribution in [-0.4, -0.2) is 18.9 Å². The summed E-state index contributed by atoms with van der Waals surface area (Å²) in [6.07, 6.45) is 9.13. The van der Waals surface area contributed by atoms with Crippen molar-refractivity contribution in [2.24, 2.45) is 28.6 Å². The van der Waals surface area contributed by atoms with Crippen LogP contribution in [0.3, 0.4) is 0 Å². The van der Waals surface area contributed by atoms with E-state index in [1.807, 2.05) is 0 Å². The topological polar surface area (TPSA) is 43.4 Å². The summed E-state index contributed by atoms with van der Waals surface area (Å²) in [7, 11) is 1.40. The molecule has 4 atom stereocenters. The van der Waals surface area contributed by atoms with Crippen molar-refractivity contribution < 1.29 is 14.3 Å². The van der Waals surface area contributed by atoms with Gasteiger partial charge < -0.3 is 4.74 Å². The Kier molecular flexibility index (Phi) is 4.18. The van der Waals surface area contributed by atoms with E-state index in [0.717, 1.165) is 19.3 Å². The summed E-state index contributed by atoms with van der Waals surface area (Å²) in [5.41, 5.74) is 1.17. The predicted molar refractivity (Wildman–Crippen MR) is 89.8 cm³/mol. The number of esters is 1. The molecule has 23 heavy (non-hydrogen) atoms. The van der Waals surface area contributed by atoms with Gasteiger partial charge in [-0.25, -0.2) is 4.79 Å². The van der Waals surface area contributed by atoms with Crippen LogP contribution in [0.1, 0.15) is 65.7 Å². The Hall–Kier alpha value is -1.12. The molecule has 3 nitrogen and oxygen atoms in total. The summed E-state index contributed by atoms with van der Waals surface area (Å²) >= 11 is 0. The van der Waals surface area contributed by atoms with Crippen LogP contribution in [0.15, 0.2) is 11.6 Å². The van der Waals surface area contributed by atoms with E-state index < -0.39 is 0 Å². The molecule has 2 saturated carbocycles. The Bertz CT molecular complexity index is 545. The van der Waals surface area contributed by atoms with Gasteiger partial charge in [-0.1, -0.05) is 27.2 Å². The van der Waals surface area contributed by atoms with Crippen LogP contribution in [0.4, 0.5) is 0 Å². The molecule has 0 spiro atoms. The van der Waals surface area contributed by atoms with Crippen molar-refractivity contribution in [2.75, 3.05) is 7.11 Å². The molecular weight excluding hydrogens is 288 g/mol. The van der Waals surface area contributed by atoms with Crippen LogP contribution in [0.25, 0.3) is 0 Å². The highest BCUT2D eigenvalue weighted by molar-refractivity contribution is 6.01. The standard InChI is InChI=1S/C20H30O3/c1-19(2)10-5-11-20(3)15-8-6-13(18(22)23-4)12-16(21)14(15)7-9-17(19)20/h12,14-15,17H,5-11H2,1-4H3/t14-,15+,17+,20-/m1/s1. The van der Waals surface area contributed by atoms with Crippen LogP contribution >= 0.6 is 0 Å². The average Bonchev–Trinajstić information content (AvgIpc) is 2.66. The zero-order valence-corrected chi connectivity index (χ0v) is 15.0. The molecule has 0 bridgehead atoms. The lowest BCUT2D eigenvalue weighted by Gasteiger charge is -2.59. The SMILES string of the molecule is COC(=O)C1=CC(=O)[C@@H]2CC[C@H]3C(C)(C)CCC[C@]3(C)[C@H]2CC1. The van der Waals surface area contributed by atoms with Gasteiger partial charge in [0.15, 0.2) is 5.78 Å². The number of methoxy groups -OCH3 is 1. The minimum absolute atomic E-state index is 0.104. The average molecular weight is 318 g/mol. The molecule has 0 aromatic heterocycles. The van der Waals surface area contributed by atoms with E-state index in [4.69, 9.17) is 4.74 Å². The van der Waals surface area contributed by atoms with E-state index in [0.29, 0.717) is 29.2 Å². The van der Waals surface area contributed by atoms with Crippen molar-refractivity contribution in [1.29, 1.82) is 0 Å². The third kappa shape index (κ3) is 2.66. The maximum atomic E-state index is 12.8. The molecule has 2 fully saturated rings. The van der Waals surface area contributed by atoms with E-state index in [-0.39, 0.29) is 23.1 Å². The van der Waals surface area contributed by atoms with Crippen molar-refractivity contribution in [3.8, 4) is 0 Å². The van der Waals surface area contributed by atoms with Crippen LogP contribution in [0, 0.1) is 28.6 Å². The first-order valence-corrected chi connectivity index (χ1v) is 9.12. The Morgan fingerprint density at radius 2 is 1.91 bits per heavy atom. The monoisotopic (exact) mass is 318 g/mol. The summed E-state index contributed by atoms with van der Waals surface area (Å²) in [5.74, 6) is 1.04. The summed E-state index contributed by atoms with van der Waals surface area (Å²) < 4.78 is 4.85. The Morgan fingerprint density at radius 3 is 2.61 bits per heavy atom. The van der Waals surface area contributed by atoms with E-state index in [1.54, 1.807) is 6.08 Å². The number of ketones is 1. The van der Waals surface area contributed by atoms with Gasteiger partial charge in [0.2, 0.25) is 0 Å². The Balaban J connectivity index is 1.92. The van der Waals surface area contributed by atoms with Crippen LogP contribution < -0.4 is 0 Å². The number of carbonyl (C=O) groups excluding carboxylic acids is 2. The van der Waals surface area contributed by atoms with Crippen molar-refractivity contribution in [2.45, 2.75) is 65.7 Å².